The minimum Gasteiger partial charge on any atom is -0.383 e. The zero-order valence-electron chi connectivity index (χ0n) is 13.3. The molecule has 0 heterocycles. The molecule has 0 radical (unpaired) electrons. The number of anilines is 1. The van der Waals surface area contributed by atoms with Gasteiger partial charge >= 0.3 is 0 Å². The molecule has 2 unspecified atom stereocenters. The Morgan fingerprint density at radius 3 is 2.62 bits per heavy atom. The van der Waals surface area contributed by atoms with Crippen LogP contribution in [-0.2, 0) is 11.2 Å². The van der Waals surface area contributed by atoms with Gasteiger partial charge in [0.25, 0.3) is 0 Å². The van der Waals surface area contributed by atoms with Gasteiger partial charge in [0.15, 0.2) is 0 Å². The Balaban J connectivity index is 2.17. The minimum atomic E-state index is -0.156. The van der Waals surface area contributed by atoms with E-state index in [1.54, 1.807) is 13.2 Å². The van der Waals surface area contributed by atoms with Crippen LogP contribution in [0.3, 0.4) is 0 Å². The molecule has 21 heavy (non-hydrogen) atoms. The molecule has 3 nitrogen and oxygen atoms in total. The Morgan fingerprint density at radius 1 is 1.38 bits per heavy atom. The first-order chi connectivity index (χ1) is 10.0. The smallest absolute Gasteiger partial charge is 0.146 e. The van der Waals surface area contributed by atoms with Crippen molar-refractivity contribution >= 4 is 5.69 Å². The van der Waals surface area contributed by atoms with E-state index >= 15 is 0 Å². The van der Waals surface area contributed by atoms with Gasteiger partial charge in [0.05, 0.1) is 12.3 Å². The number of ether oxygens (including phenoxy) is 1. The van der Waals surface area contributed by atoms with E-state index in [2.05, 4.69) is 11.8 Å². The number of benzene rings is 1. The second-order valence-electron chi connectivity index (χ2n) is 6.23. The lowest BCUT2D eigenvalue weighted by atomic mass is 10.1. The van der Waals surface area contributed by atoms with Crippen molar-refractivity contribution in [2.75, 3.05) is 25.2 Å². The molecule has 2 rings (SSSR count). The van der Waals surface area contributed by atoms with E-state index in [0.717, 1.165) is 12.1 Å². The van der Waals surface area contributed by atoms with Gasteiger partial charge in [-0.25, -0.2) is 4.39 Å². The standard InChI is InChI=1S/C17H27FN2O/c1-12(19)10-14-4-7-17(16(18)11-14)20(8-9-21-3)13(2)15-5-6-15/h4,7,11-13,15H,5-6,8-10,19H2,1-3H3. The molecule has 1 aliphatic rings. The number of methoxy groups -OCH3 is 1. The molecule has 1 aliphatic carbocycles. The summed E-state index contributed by atoms with van der Waals surface area (Å²) < 4.78 is 19.7. The molecule has 1 saturated carbocycles. The third-order valence-corrected chi connectivity index (χ3v) is 4.21. The van der Waals surface area contributed by atoms with E-state index in [4.69, 9.17) is 10.5 Å². The number of hydrogen-bond donors (Lipinski definition) is 1. The van der Waals surface area contributed by atoms with Crippen molar-refractivity contribution in [3.05, 3.63) is 29.6 Å². The van der Waals surface area contributed by atoms with Crippen LogP contribution in [0.1, 0.15) is 32.3 Å². The highest BCUT2D eigenvalue weighted by Gasteiger charge is 2.32. The lowest BCUT2D eigenvalue weighted by Crippen LogP contribution is -2.38. The van der Waals surface area contributed by atoms with Crippen molar-refractivity contribution in [1.29, 1.82) is 0 Å². The van der Waals surface area contributed by atoms with Crippen molar-refractivity contribution in [1.82, 2.24) is 0 Å². The van der Waals surface area contributed by atoms with E-state index in [9.17, 15) is 4.39 Å². The van der Waals surface area contributed by atoms with Gasteiger partial charge in [-0.15, -0.1) is 0 Å². The first kappa shape index (κ1) is 16.2. The fraction of sp³-hybridized carbons (Fsp3) is 0.647. The lowest BCUT2D eigenvalue weighted by molar-refractivity contribution is 0.202. The second-order valence-corrected chi connectivity index (χ2v) is 6.23. The highest BCUT2D eigenvalue weighted by molar-refractivity contribution is 5.50. The van der Waals surface area contributed by atoms with Crippen LogP contribution in [0, 0.1) is 11.7 Å². The van der Waals surface area contributed by atoms with Crippen molar-refractivity contribution < 1.29 is 9.13 Å². The molecule has 118 valence electrons. The van der Waals surface area contributed by atoms with Crippen LogP contribution in [0.2, 0.25) is 0 Å². The molecule has 0 bridgehead atoms. The molecule has 1 aromatic rings. The summed E-state index contributed by atoms with van der Waals surface area (Å²) in [4.78, 5) is 2.14. The zero-order valence-corrected chi connectivity index (χ0v) is 13.3. The Bertz CT molecular complexity index is 460. The van der Waals surface area contributed by atoms with E-state index in [-0.39, 0.29) is 11.9 Å². The number of halogens is 1. The van der Waals surface area contributed by atoms with Gasteiger partial charge in [0.2, 0.25) is 0 Å². The number of nitrogens with two attached hydrogens (primary N) is 1. The molecule has 2 atom stereocenters. The Hall–Kier alpha value is -1.13. The van der Waals surface area contributed by atoms with Gasteiger partial charge in [-0.1, -0.05) is 6.07 Å². The van der Waals surface area contributed by atoms with Gasteiger partial charge in [-0.05, 0) is 56.7 Å². The van der Waals surface area contributed by atoms with Crippen LogP contribution in [0.15, 0.2) is 18.2 Å². The summed E-state index contributed by atoms with van der Waals surface area (Å²) in [6.07, 6.45) is 3.19. The molecule has 0 amide bonds. The number of rotatable bonds is 8. The molecule has 4 heteroatoms. The average molecular weight is 294 g/mol. The van der Waals surface area contributed by atoms with Crippen molar-refractivity contribution in [2.45, 2.75) is 45.2 Å². The summed E-state index contributed by atoms with van der Waals surface area (Å²) in [5, 5.41) is 0. The predicted molar refractivity (Wildman–Crippen MR) is 85.2 cm³/mol. The van der Waals surface area contributed by atoms with Gasteiger partial charge in [0, 0.05) is 25.7 Å². The van der Waals surface area contributed by atoms with Gasteiger partial charge < -0.3 is 15.4 Å². The molecular formula is C17H27FN2O. The maximum absolute atomic E-state index is 14.5. The topological polar surface area (TPSA) is 38.5 Å². The fourth-order valence-electron chi connectivity index (χ4n) is 2.85. The van der Waals surface area contributed by atoms with Crippen molar-refractivity contribution in [2.24, 2.45) is 11.7 Å². The van der Waals surface area contributed by atoms with Crippen molar-refractivity contribution in [3.8, 4) is 0 Å². The minimum absolute atomic E-state index is 0.0465. The van der Waals surface area contributed by atoms with E-state index in [1.165, 1.54) is 12.8 Å². The van der Waals surface area contributed by atoms with E-state index in [0.29, 0.717) is 30.7 Å². The molecule has 0 spiro atoms. The van der Waals surface area contributed by atoms with Gasteiger partial charge in [-0.3, -0.25) is 0 Å². The quantitative estimate of drug-likeness (QED) is 0.801. The average Bonchev–Trinajstić information content (AvgIpc) is 3.24. The molecule has 0 saturated heterocycles. The first-order valence-electron chi connectivity index (χ1n) is 7.82. The maximum atomic E-state index is 14.5. The normalized spacial score (nSPS) is 17.6. The Kier molecular flexibility index (Phi) is 5.59. The van der Waals surface area contributed by atoms with Crippen molar-refractivity contribution in [3.63, 3.8) is 0 Å². The highest BCUT2D eigenvalue weighted by Crippen LogP contribution is 2.37. The molecule has 2 N–H and O–H groups in total. The van der Waals surface area contributed by atoms with Crippen LogP contribution in [0.25, 0.3) is 0 Å². The maximum Gasteiger partial charge on any atom is 0.146 e. The van der Waals surface area contributed by atoms with Crippen LogP contribution in [0.5, 0.6) is 0 Å². The van der Waals surface area contributed by atoms with Gasteiger partial charge in [-0.2, -0.15) is 0 Å². The lowest BCUT2D eigenvalue weighted by Gasteiger charge is -2.32. The summed E-state index contributed by atoms with van der Waals surface area (Å²) in [7, 11) is 1.68. The van der Waals surface area contributed by atoms with E-state index < -0.39 is 0 Å². The fourth-order valence-corrected chi connectivity index (χ4v) is 2.85. The molecule has 1 aromatic carbocycles. The molecule has 1 fully saturated rings. The largest absolute Gasteiger partial charge is 0.383 e. The first-order valence-corrected chi connectivity index (χ1v) is 7.82. The van der Waals surface area contributed by atoms with Crippen LogP contribution < -0.4 is 10.6 Å². The Labute approximate surface area is 127 Å². The number of nitrogens with zero attached hydrogens (tertiary/aromatic N) is 1. The molecular weight excluding hydrogens is 267 g/mol. The third kappa shape index (κ3) is 4.42. The van der Waals surface area contributed by atoms with Crippen LogP contribution in [-0.4, -0.2) is 32.3 Å². The third-order valence-electron chi connectivity index (χ3n) is 4.21. The van der Waals surface area contributed by atoms with E-state index in [1.807, 2.05) is 19.1 Å². The SMILES string of the molecule is COCCN(c1ccc(CC(C)N)cc1F)C(C)C1CC1. The van der Waals surface area contributed by atoms with Crippen LogP contribution in [0.4, 0.5) is 10.1 Å². The summed E-state index contributed by atoms with van der Waals surface area (Å²) in [5.41, 5.74) is 7.42. The Morgan fingerprint density at radius 2 is 2.10 bits per heavy atom. The number of hydrogen-bond acceptors (Lipinski definition) is 3. The summed E-state index contributed by atoms with van der Waals surface area (Å²) in [6.45, 7) is 5.45. The van der Waals surface area contributed by atoms with Crippen LogP contribution >= 0.6 is 0 Å². The predicted octanol–water partition coefficient (Wildman–Crippen LogP) is 2.97. The molecule has 0 aliphatic heterocycles. The zero-order chi connectivity index (χ0) is 15.4. The highest BCUT2D eigenvalue weighted by atomic mass is 19.1. The van der Waals surface area contributed by atoms with Gasteiger partial charge in [0.1, 0.15) is 5.82 Å². The second kappa shape index (κ2) is 7.23. The summed E-state index contributed by atoms with van der Waals surface area (Å²) in [6, 6.07) is 5.90. The summed E-state index contributed by atoms with van der Waals surface area (Å²) in [5.74, 6) is 0.529. The molecule has 0 aromatic heterocycles. The summed E-state index contributed by atoms with van der Waals surface area (Å²) >= 11 is 0. The monoisotopic (exact) mass is 294 g/mol.